The van der Waals surface area contributed by atoms with E-state index in [0.29, 0.717) is 0 Å². The molecule has 11 aromatic carbocycles. The van der Waals surface area contributed by atoms with Gasteiger partial charge in [-0.05, 0) is 190 Å². The summed E-state index contributed by atoms with van der Waals surface area (Å²) in [5.41, 5.74) is 20.6. The molecule has 12 rings (SSSR count). The number of para-hydroxylation sites is 4. The summed E-state index contributed by atoms with van der Waals surface area (Å²) in [6.07, 6.45) is 9.20. The zero-order valence-corrected chi connectivity index (χ0v) is 42.4. The minimum atomic E-state index is 0.164. The highest BCUT2D eigenvalue weighted by Crippen LogP contribution is 2.43. The van der Waals surface area contributed by atoms with Crippen molar-refractivity contribution in [3.05, 3.63) is 332 Å². The van der Waals surface area contributed by atoms with Crippen molar-refractivity contribution in [2.45, 2.75) is 18.8 Å². The van der Waals surface area contributed by atoms with Gasteiger partial charge >= 0.3 is 0 Å². The fourth-order valence-electron chi connectivity index (χ4n) is 10.7. The molecule has 0 radical (unpaired) electrons. The van der Waals surface area contributed by atoms with Crippen molar-refractivity contribution in [2.75, 3.05) is 14.7 Å². The van der Waals surface area contributed by atoms with Crippen molar-refractivity contribution in [3.8, 4) is 33.4 Å². The van der Waals surface area contributed by atoms with E-state index in [1.54, 1.807) is 0 Å². The fourth-order valence-corrected chi connectivity index (χ4v) is 10.7. The Hall–Kier alpha value is -9.70. The summed E-state index contributed by atoms with van der Waals surface area (Å²) in [6.45, 7) is 0. The molecule has 0 saturated carbocycles. The molecule has 76 heavy (non-hydrogen) atoms. The van der Waals surface area contributed by atoms with Gasteiger partial charge in [0, 0.05) is 57.1 Å². The molecule has 0 aliphatic heterocycles. The smallest absolute Gasteiger partial charge is 0.0467 e. The van der Waals surface area contributed by atoms with E-state index in [1.165, 1.54) is 22.3 Å². The van der Waals surface area contributed by atoms with Gasteiger partial charge in [0.1, 0.15) is 0 Å². The maximum Gasteiger partial charge on any atom is 0.0467 e. The first-order valence-electron chi connectivity index (χ1n) is 26.3. The first-order valence-corrected chi connectivity index (χ1v) is 26.3. The molecule has 3 heteroatoms. The minimum absolute atomic E-state index is 0.164. The van der Waals surface area contributed by atoms with Crippen LogP contribution in [0.3, 0.4) is 0 Å². The Labute approximate surface area is 447 Å². The molecule has 0 spiro atoms. The van der Waals surface area contributed by atoms with E-state index in [1.807, 2.05) is 0 Å². The Balaban J connectivity index is 0.920. The van der Waals surface area contributed by atoms with Crippen LogP contribution in [0.2, 0.25) is 0 Å². The summed E-state index contributed by atoms with van der Waals surface area (Å²) in [5, 5.41) is 0. The van der Waals surface area contributed by atoms with Gasteiger partial charge in [-0.15, -0.1) is 0 Å². The topological polar surface area (TPSA) is 9.72 Å². The number of hydrogen-bond acceptors (Lipinski definition) is 3. The van der Waals surface area contributed by atoms with E-state index in [-0.39, 0.29) is 5.92 Å². The molecule has 0 amide bonds. The summed E-state index contributed by atoms with van der Waals surface area (Å²) < 4.78 is 0. The lowest BCUT2D eigenvalue weighted by molar-refractivity contribution is 0.920. The number of benzene rings is 11. The average molecular weight is 976 g/mol. The Morgan fingerprint density at radius 3 is 0.961 bits per heavy atom. The second-order valence-electron chi connectivity index (χ2n) is 19.2. The largest absolute Gasteiger partial charge is 0.311 e. The van der Waals surface area contributed by atoms with Crippen LogP contribution in [0.4, 0.5) is 51.2 Å². The van der Waals surface area contributed by atoms with Gasteiger partial charge in [-0.2, -0.15) is 0 Å². The summed E-state index contributed by atoms with van der Waals surface area (Å²) in [5.74, 6) is 0.164. The first-order chi connectivity index (χ1) is 37.7. The van der Waals surface area contributed by atoms with Gasteiger partial charge in [0.2, 0.25) is 0 Å². The third kappa shape index (κ3) is 10.3. The van der Waals surface area contributed by atoms with Crippen LogP contribution >= 0.6 is 0 Å². The van der Waals surface area contributed by atoms with Crippen molar-refractivity contribution in [1.29, 1.82) is 0 Å². The van der Waals surface area contributed by atoms with Crippen molar-refractivity contribution in [1.82, 2.24) is 0 Å². The van der Waals surface area contributed by atoms with Gasteiger partial charge < -0.3 is 14.7 Å². The van der Waals surface area contributed by atoms with Gasteiger partial charge in [-0.1, -0.05) is 188 Å². The third-order valence-corrected chi connectivity index (χ3v) is 14.3. The Morgan fingerprint density at radius 2 is 0.553 bits per heavy atom. The number of anilines is 9. The van der Waals surface area contributed by atoms with Crippen molar-refractivity contribution >= 4 is 51.2 Å². The predicted molar refractivity (Wildman–Crippen MR) is 322 cm³/mol. The lowest BCUT2D eigenvalue weighted by Gasteiger charge is -2.28. The standard InChI is InChI=1S/C73H57N3/c1-8-24-55(25-9-1)61-50-62(59-30-22-40-71(53-59)75(66-36-18-6-19-37-66)68-44-42-58(43-45-68)73(56-26-10-2-11-27-56)57-28-12-3-13-29-57)52-63(51-61)60-31-23-41-72(54-60)76(67-38-20-7-21-39-67)70-48-46-69(47-49-70)74(64-32-14-4-15-33-64)65-34-16-5-17-35-65/h1-2,4-12,14-54,73H,3,13H2. The van der Waals surface area contributed by atoms with Gasteiger partial charge in [0.15, 0.2) is 0 Å². The lowest BCUT2D eigenvalue weighted by atomic mass is 9.82. The molecular formula is C73H57N3. The number of allylic oxidation sites excluding steroid dienone is 4. The highest BCUT2D eigenvalue weighted by atomic mass is 15.2. The molecule has 0 fully saturated rings. The monoisotopic (exact) mass is 975 g/mol. The predicted octanol–water partition coefficient (Wildman–Crippen LogP) is 20.5. The second-order valence-corrected chi connectivity index (χ2v) is 19.2. The molecule has 0 heterocycles. The number of nitrogens with zero attached hydrogens (tertiary/aromatic N) is 3. The van der Waals surface area contributed by atoms with E-state index < -0.39 is 0 Å². The maximum atomic E-state index is 2.41. The molecule has 0 saturated heterocycles. The Bertz CT molecular complexity index is 3690. The molecule has 1 aliphatic carbocycles. The van der Waals surface area contributed by atoms with E-state index in [0.717, 1.165) is 91.8 Å². The number of hydrogen-bond donors (Lipinski definition) is 0. The molecule has 1 aliphatic rings. The Kier molecular flexibility index (Phi) is 13.8. The summed E-state index contributed by atoms with van der Waals surface area (Å²) in [7, 11) is 0. The Morgan fingerprint density at radius 1 is 0.237 bits per heavy atom. The normalized spacial score (nSPS) is 12.3. The van der Waals surface area contributed by atoms with E-state index in [9.17, 15) is 0 Å². The molecular weight excluding hydrogens is 919 g/mol. The van der Waals surface area contributed by atoms with Crippen LogP contribution in [-0.2, 0) is 0 Å². The lowest BCUT2D eigenvalue weighted by Crippen LogP contribution is -2.12. The quantitative estimate of drug-likeness (QED) is 0.101. The fraction of sp³-hybridized carbons (Fsp3) is 0.0411. The summed E-state index contributed by atoms with van der Waals surface area (Å²) in [6, 6.07) is 107. The van der Waals surface area contributed by atoms with Crippen LogP contribution in [0.15, 0.2) is 321 Å². The average Bonchev–Trinajstić information content (AvgIpc) is 3.50. The van der Waals surface area contributed by atoms with E-state index in [2.05, 4.69) is 330 Å². The molecule has 0 N–H and O–H groups in total. The van der Waals surface area contributed by atoms with Crippen molar-refractivity contribution in [2.24, 2.45) is 0 Å². The molecule has 3 nitrogen and oxygen atoms in total. The van der Waals surface area contributed by atoms with Gasteiger partial charge in [0.05, 0.1) is 0 Å². The van der Waals surface area contributed by atoms with Crippen molar-refractivity contribution < 1.29 is 0 Å². The van der Waals surface area contributed by atoms with Crippen LogP contribution in [0.25, 0.3) is 33.4 Å². The molecule has 1 unspecified atom stereocenters. The molecule has 0 bridgehead atoms. The highest BCUT2D eigenvalue weighted by molar-refractivity contribution is 5.87. The SMILES string of the molecule is C1=CC(C(c2ccccc2)c2ccc(N(c3ccccc3)c3cccc(-c4cc(-c5ccccc5)cc(-c5cccc(N(c6ccccc6)c6ccc(N(c7ccccc7)c7ccccc7)cc6)c5)c4)c3)cc2)=CCC1. The summed E-state index contributed by atoms with van der Waals surface area (Å²) >= 11 is 0. The minimum Gasteiger partial charge on any atom is -0.311 e. The second kappa shape index (κ2) is 22.2. The van der Waals surface area contributed by atoms with Gasteiger partial charge in [-0.3, -0.25) is 0 Å². The van der Waals surface area contributed by atoms with Crippen molar-refractivity contribution in [3.63, 3.8) is 0 Å². The van der Waals surface area contributed by atoms with Crippen LogP contribution in [0.5, 0.6) is 0 Å². The first kappa shape index (κ1) is 47.3. The van der Waals surface area contributed by atoms with Crippen LogP contribution < -0.4 is 14.7 Å². The van der Waals surface area contributed by atoms with Crippen LogP contribution in [-0.4, -0.2) is 0 Å². The number of rotatable bonds is 15. The van der Waals surface area contributed by atoms with Gasteiger partial charge in [0.25, 0.3) is 0 Å². The highest BCUT2D eigenvalue weighted by Gasteiger charge is 2.22. The zero-order chi connectivity index (χ0) is 50.9. The molecule has 1 atom stereocenters. The zero-order valence-electron chi connectivity index (χ0n) is 42.4. The summed E-state index contributed by atoms with van der Waals surface area (Å²) in [4.78, 5) is 7.03. The van der Waals surface area contributed by atoms with Crippen LogP contribution in [0.1, 0.15) is 29.9 Å². The van der Waals surface area contributed by atoms with Crippen LogP contribution in [0, 0.1) is 0 Å². The molecule has 11 aromatic rings. The third-order valence-electron chi connectivity index (χ3n) is 14.3. The van der Waals surface area contributed by atoms with E-state index in [4.69, 9.17) is 0 Å². The van der Waals surface area contributed by atoms with E-state index >= 15 is 0 Å². The van der Waals surface area contributed by atoms with Gasteiger partial charge in [-0.25, -0.2) is 0 Å². The molecule has 0 aromatic heterocycles. The maximum absolute atomic E-state index is 2.41. The molecule has 364 valence electrons.